The average molecular weight is 357 g/mol. The summed E-state index contributed by atoms with van der Waals surface area (Å²) in [4.78, 5) is 16.5. The van der Waals surface area contributed by atoms with Crippen LogP contribution in [0.2, 0.25) is 5.02 Å². The Morgan fingerprint density at radius 1 is 1.28 bits per heavy atom. The molecule has 0 aliphatic carbocycles. The molecule has 7 heteroatoms. The van der Waals surface area contributed by atoms with Gasteiger partial charge in [0, 0.05) is 10.6 Å². The Morgan fingerprint density at radius 2 is 2.12 bits per heavy atom. The molecule has 0 aliphatic rings. The molecule has 2 aromatic carbocycles. The largest absolute Gasteiger partial charge is 0.496 e. The summed E-state index contributed by atoms with van der Waals surface area (Å²) in [6, 6.07) is 10.9. The summed E-state index contributed by atoms with van der Waals surface area (Å²) >= 11 is 6.07. The fourth-order valence-corrected chi connectivity index (χ4v) is 2.73. The molecule has 0 spiro atoms. The van der Waals surface area contributed by atoms with Gasteiger partial charge < -0.3 is 10.1 Å². The minimum absolute atomic E-state index is 0.174. The maximum absolute atomic E-state index is 12.5. The van der Waals surface area contributed by atoms with Crippen LogP contribution in [0, 0.1) is 6.92 Å². The smallest absolute Gasteiger partial charge is 0.228 e. The maximum atomic E-state index is 12.5. The number of anilines is 1. The predicted octanol–water partition coefficient (Wildman–Crippen LogP) is 3.42. The number of nitrogens with one attached hydrogen (secondary N) is 1. The number of methoxy groups -OCH3 is 1. The lowest BCUT2D eigenvalue weighted by atomic mass is 10.1. The second-order valence-electron chi connectivity index (χ2n) is 5.54. The average Bonchev–Trinajstić information content (AvgIpc) is 3.09. The van der Waals surface area contributed by atoms with Crippen LogP contribution in [0.5, 0.6) is 5.75 Å². The Balaban J connectivity index is 1.84. The first-order valence-electron chi connectivity index (χ1n) is 7.65. The first-order valence-corrected chi connectivity index (χ1v) is 8.02. The molecule has 1 aromatic heterocycles. The van der Waals surface area contributed by atoms with E-state index in [4.69, 9.17) is 16.3 Å². The fourth-order valence-electron chi connectivity index (χ4n) is 2.55. The number of ether oxygens (including phenoxy) is 1. The monoisotopic (exact) mass is 356 g/mol. The highest BCUT2D eigenvalue weighted by molar-refractivity contribution is 6.31. The highest BCUT2D eigenvalue weighted by Crippen LogP contribution is 2.25. The van der Waals surface area contributed by atoms with Gasteiger partial charge in [-0.1, -0.05) is 29.3 Å². The van der Waals surface area contributed by atoms with E-state index in [1.807, 2.05) is 25.1 Å². The number of benzene rings is 2. The van der Waals surface area contributed by atoms with Crippen LogP contribution >= 0.6 is 11.6 Å². The van der Waals surface area contributed by atoms with Crippen molar-refractivity contribution in [3.8, 4) is 11.4 Å². The summed E-state index contributed by atoms with van der Waals surface area (Å²) in [6.45, 7) is 1.97. The van der Waals surface area contributed by atoms with Crippen molar-refractivity contribution in [2.24, 2.45) is 0 Å². The summed E-state index contributed by atoms with van der Waals surface area (Å²) < 4.78 is 6.90. The lowest BCUT2D eigenvalue weighted by Crippen LogP contribution is -2.16. The molecular formula is C18H17ClN4O2. The Morgan fingerprint density at radius 3 is 2.84 bits per heavy atom. The number of amides is 1. The molecule has 25 heavy (non-hydrogen) atoms. The SMILES string of the molecule is COc1ccc(C)cc1CC(=O)Nc1cc(Cl)ccc1-n1cncn1. The minimum atomic E-state index is -0.174. The summed E-state index contributed by atoms with van der Waals surface area (Å²) in [5, 5.41) is 7.51. The second kappa shape index (κ2) is 7.36. The van der Waals surface area contributed by atoms with Crippen LogP contribution in [0.3, 0.4) is 0 Å². The van der Waals surface area contributed by atoms with Gasteiger partial charge in [-0.2, -0.15) is 5.10 Å². The zero-order chi connectivity index (χ0) is 17.8. The molecule has 1 N–H and O–H groups in total. The molecule has 3 aromatic rings. The number of nitrogens with zero attached hydrogens (tertiary/aromatic N) is 3. The highest BCUT2D eigenvalue weighted by atomic mass is 35.5. The summed E-state index contributed by atoms with van der Waals surface area (Å²) in [5.74, 6) is 0.510. The van der Waals surface area contributed by atoms with Crippen molar-refractivity contribution in [3.05, 3.63) is 65.2 Å². The van der Waals surface area contributed by atoms with Crippen molar-refractivity contribution < 1.29 is 9.53 Å². The van der Waals surface area contributed by atoms with Crippen LogP contribution in [-0.2, 0) is 11.2 Å². The standard InChI is InChI=1S/C18H17ClN4O2/c1-12-3-6-17(25-2)13(7-12)8-18(24)22-15-9-14(19)4-5-16(15)23-11-20-10-21-23/h3-7,9-11H,8H2,1-2H3,(H,22,24). The number of halogens is 1. The van der Waals surface area contributed by atoms with E-state index in [0.717, 1.165) is 11.1 Å². The third kappa shape index (κ3) is 3.97. The molecule has 0 aliphatic heterocycles. The molecule has 0 unspecified atom stereocenters. The molecule has 0 atom stereocenters. The number of hydrogen-bond donors (Lipinski definition) is 1. The van der Waals surface area contributed by atoms with Crippen LogP contribution in [-0.4, -0.2) is 27.8 Å². The van der Waals surface area contributed by atoms with Gasteiger partial charge in [-0.15, -0.1) is 0 Å². The van der Waals surface area contributed by atoms with Crippen molar-refractivity contribution in [1.82, 2.24) is 14.8 Å². The van der Waals surface area contributed by atoms with Crippen molar-refractivity contribution in [3.63, 3.8) is 0 Å². The van der Waals surface area contributed by atoms with Crippen molar-refractivity contribution in [1.29, 1.82) is 0 Å². The lowest BCUT2D eigenvalue weighted by Gasteiger charge is -2.13. The van der Waals surface area contributed by atoms with E-state index in [-0.39, 0.29) is 12.3 Å². The van der Waals surface area contributed by atoms with Crippen molar-refractivity contribution in [2.45, 2.75) is 13.3 Å². The summed E-state index contributed by atoms with van der Waals surface area (Å²) in [7, 11) is 1.59. The number of hydrogen-bond acceptors (Lipinski definition) is 4. The normalized spacial score (nSPS) is 10.5. The van der Waals surface area contributed by atoms with Crippen LogP contribution in [0.1, 0.15) is 11.1 Å². The topological polar surface area (TPSA) is 69.0 Å². The lowest BCUT2D eigenvalue weighted by molar-refractivity contribution is -0.115. The van der Waals surface area contributed by atoms with E-state index in [1.165, 1.54) is 6.33 Å². The van der Waals surface area contributed by atoms with Gasteiger partial charge in [0.25, 0.3) is 0 Å². The zero-order valence-corrected chi connectivity index (χ0v) is 14.6. The summed E-state index contributed by atoms with van der Waals surface area (Å²) in [6.07, 6.45) is 3.18. The van der Waals surface area contributed by atoms with Gasteiger partial charge in [-0.25, -0.2) is 9.67 Å². The number of aryl methyl sites for hydroxylation is 1. The molecule has 0 bridgehead atoms. The van der Waals surface area contributed by atoms with E-state index >= 15 is 0 Å². The Bertz CT molecular complexity index is 894. The van der Waals surface area contributed by atoms with Gasteiger partial charge in [0.1, 0.15) is 18.4 Å². The molecule has 128 valence electrons. The van der Waals surface area contributed by atoms with Crippen LogP contribution in [0.25, 0.3) is 5.69 Å². The summed E-state index contributed by atoms with van der Waals surface area (Å²) in [5.41, 5.74) is 3.14. The van der Waals surface area contributed by atoms with Gasteiger partial charge in [0.05, 0.1) is 24.9 Å². The quantitative estimate of drug-likeness (QED) is 0.760. The van der Waals surface area contributed by atoms with E-state index in [0.29, 0.717) is 22.1 Å². The third-order valence-electron chi connectivity index (χ3n) is 3.69. The molecule has 6 nitrogen and oxygen atoms in total. The Kier molecular flexibility index (Phi) is 5.00. The predicted molar refractivity (Wildman–Crippen MR) is 96.4 cm³/mol. The molecule has 1 heterocycles. The van der Waals surface area contributed by atoms with Gasteiger partial charge in [-0.3, -0.25) is 4.79 Å². The van der Waals surface area contributed by atoms with E-state index in [1.54, 1.807) is 36.3 Å². The van der Waals surface area contributed by atoms with E-state index in [9.17, 15) is 4.79 Å². The molecule has 3 rings (SSSR count). The molecule has 0 fully saturated rings. The van der Waals surface area contributed by atoms with Gasteiger partial charge in [0.15, 0.2) is 0 Å². The third-order valence-corrected chi connectivity index (χ3v) is 3.92. The number of carbonyl (C=O) groups excluding carboxylic acids is 1. The molecule has 0 saturated carbocycles. The minimum Gasteiger partial charge on any atom is -0.496 e. The van der Waals surface area contributed by atoms with Crippen molar-refractivity contribution in [2.75, 3.05) is 12.4 Å². The number of rotatable bonds is 5. The molecule has 1 amide bonds. The second-order valence-corrected chi connectivity index (χ2v) is 5.98. The number of aromatic nitrogens is 3. The molecular weight excluding hydrogens is 340 g/mol. The van der Waals surface area contributed by atoms with Crippen molar-refractivity contribution >= 4 is 23.2 Å². The van der Waals surface area contributed by atoms with Crippen LogP contribution in [0.4, 0.5) is 5.69 Å². The van der Waals surface area contributed by atoms with Gasteiger partial charge in [0.2, 0.25) is 5.91 Å². The highest BCUT2D eigenvalue weighted by Gasteiger charge is 2.13. The first kappa shape index (κ1) is 17.0. The van der Waals surface area contributed by atoms with E-state index in [2.05, 4.69) is 15.4 Å². The molecule has 0 saturated heterocycles. The maximum Gasteiger partial charge on any atom is 0.228 e. The van der Waals surface area contributed by atoms with E-state index < -0.39 is 0 Å². The fraction of sp³-hybridized carbons (Fsp3) is 0.167. The van der Waals surface area contributed by atoms with Gasteiger partial charge >= 0.3 is 0 Å². The van der Waals surface area contributed by atoms with Gasteiger partial charge in [-0.05, 0) is 31.2 Å². The zero-order valence-electron chi connectivity index (χ0n) is 13.9. The van der Waals surface area contributed by atoms with Crippen LogP contribution < -0.4 is 10.1 Å². The van der Waals surface area contributed by atoms with Crippen LogP contribution in [0.15, 0.2) is 49.1 Å². The first-order chi connectivity index (χ1) is 12.1. The molecule has 0 radical (unpaired) electrons. The number of carbonyl (C=O) groups is 1. The Labute approximate surface area is 150 Å². The Hall–Kier alpha value is -2.86.